The number of carboxylic acid groups (broad SMARTS) is 1. The van der Waals surface area contributed by atoms with Crippen LogP contribution in [0.1, 0.15) is 0 Å². The number of hydrogen-bond acceptors (Lipinski definition) is 3. The number of rotatable bonds is 0. The smallest absolute Gasteiger partial charge is 0.394 e. The van der Waals surface area contributed by atoms with E-state index in [4.69, 9.17) is 5.11 Å². The van der Waals surface area contributed by atoms with Crippen molar-refractivity contribution in [2.24, 2.45) is 0 Å². The largest absolute Gasteiger partial charge is 0.474 e. The summed E-state index contributed by atoms with van der Waals surface area (Å²) in [5.74, 6) is -1.58. The minimum absolute atomic E-state index is 0.430. The molecule has 1 aliphatic heterocycles. The molecule has 0 fully saturated rings. The van der Waals surface area contributed by atoms with Crippen LogP contribution in [0.15, 0.2) is 27.6 Å². The Bertz CT molecular complexity index is 463. The summed E-state index contributed by atoms with van der Waals surface area (Å²) in [7, 11) is 0. The van der Waals surface area contributed by atoms with E-state index >= 15 is 0 Å². The summed E-state index contributed by atoms with van der Waals surface area (Å²) in [6, 6.07) is 5.52. The van der Waals surface area contributed by atoms with Crippen molar-refractivity contribution in [3.8, 4) is 0 Å². The number of nitrogens with zero attached hydrogens (tertiary/aromatic N) is 1. The van der Waals surface area contributed by atoms with Crippen LogP contribution >= 0.6 is 27.7 Å². The highest BCUT2D eigenvalue weighted by Gasteiger charge is 2.27. The van der Waals surface area contributed by atoms with Gasteiger partial charge in [-0.25, -0.2) is 4.79 Å². The number of halogens is 1. The molecule has 2 rings (SSSR count). The lowest BCUT2D eigenvalue weighted by Gasteiger charge is -2.27. The molecule has 0 bridgehead atoms. The van der Waals surface area contributed by atoms with E-state index in [9.17, 15) is 9.59 Å². The Kier molecular flexibility index (Phi) is 3.20. The second-order valence-electron chi connectivity index (χ2n) is 3.22. The second-order valence-corrected chi connectivity index (χ2v) is 5.27. The zero-order valence-corrected chi connectivity index (χ0v) is 10.5. The molecule has 0 saturated heterocycles. The Labute approximate surface area is 105 Å². The summed E-state index contributed by atoms with van der Waals surface area (Å²) in [6.07, 6.45) is 0. The maximum atomic E-state index is 11.5. The highest BCUT2D eigenvalue weighted by molar-refractivity contribution is 9.10. The van der Waals surface area contributed by atoms with Crippen LogP contribution in [0.5, 0.6) is 0 Å². The molecule has 0 saturated carbocycles. The van der Waals surface area contributed by atoms with Gasteiger partial charge >= 0.3 is 11.9 Å². The van der Waals surface area contributed by atoms with Crippen molar-refractivity contribution < 1.29 is 14.7 Å². The Morgan fingerprint density at radius 2 is 2.19 bits per heavy atom. The van der Waals surface area contributed by atoms with Gasteiger partial charge in [-0.15, -0.1) is 11.8 Å². The van der Waals surface area contributed by atoms with Gasteiger partial charge in [0.1, 0.15) is 0 Å². The van der Waals surface area contributed by atoms with Gasteiger partial charge in [-0.05, 0) is 18.2 Å². The molecule has 0 aromatic heterocycles. The fourth-order valence-electron chi connectivity index (χ4n) is 1.52. The fourth-order valence-corrected chi connectivity index (χ4v) is 2.84. The first-order valence-electron chi connectivity index (χ1n) is 4.57. The SMILES string of the molecule is O=C(O)C(=O)N1CCSc2ccc(Br)cc21. The molecule has 16 heavy (non-hydrogen) atoms. The van der Waals surface area contributed by atoms with Crippen LogP contribution in [-0.4, -0.2) is 29.3 Å². The minimum atomic E-state index is -1.42. The molecule has 0 aliphatic carbocycles. The average Bonchev–Trinajstić information content (AvgIpc) is 2.27. The molecule has 1 N–H and O–H groups in total. The first-order valence-corrected chi connectivity index (χ1v) is 6.34. The number of carboxylic acids is 1. The van der Waals surface area contributed by atoms with Crippen molar-refractivity contribution in [1.82, 2.24) is 0 Å². The molecule has 84 valence electrons. The molecular formula is C10H8BrNO3S. The number of aliphatic carboxylic acids is 1. The summed E-state index contributed by atoms with van der Waals surface area (Å²) < 4.78 is 0.830. The predicted octanol–water partition coefficient (Wildman–Crippen LogP) is 1.97. The summed E-state index contributed by atoms with van der Waals surface area (Å²) in [5, 5.41) is 8.72. The number of thioether (sulfide) groups is 1. The van der Waals surface area contributed by atoms with Gasteiger partial charge < -0.3 is 10.0 Å². The Hall–Kier alpha value is -1.01. The highest BCUT2D eigenvalue weighted by atomic mass is 79.9. The molecule has 0 atom stereocenters. The van der Waals surface area contributed by atoms with Gasteiger partial charge in [-0.2, -0.15) is 0 Å². The van der Waals surface area contributed by atoms with E-state index < -0.39 is 11.9 Å². The van der Waals surface area contributed by atoms with Crippen LogP contribution in [0, 0.1) is 0 Å². The van der Waals surface area contributed by atoms with Crippen LogP contribution in [0.4, 0.5) is 5.69 Å². The number of anilines is 1. The van der Waals surface area contributed by atoms with Crippen molar-refractivity contribution in [1.29, 1.82) is 0 Å². The standard InChI is InChI=1S/C10H8BrNO3S/c11-6-1-2-8-7(5-6)12(3-4-16-8)9(13)10(14)15/h1-2,5H,3-4H2,(H,14,15). The predicted molar refractivity (Wildman–Crippen MR) is 64.9 cm³/mol. The average molecular weight is 302 g/mol. The zero-order valence-electron chi connectivity index (χ0n) is 8.14. The summed E-state index contributed by atoms with van der Waals surface area (Å²) in [4.78, 5) is 24.4. The molecule has 0 radical (unpaired) electrons. The molecule has 1 aromatic rings. The van der Waals surface area contributed by atoms with E-state index in [0.29, 0.717) is 18.0 Å². The third-order valence-electron chi connectivity index (χ3n) is 2.21. The number of amides is 1. The van der Waals surface area contributed by atoms with Crippen molar-refractivity contribution in [3.05, 3.63) is 22.7 Å². The Balaban J connectivity index is 2.43. The number of benzene rings is 1. The van der Waals surface area contributed by atoms with Crippen molar-refractivity contribution in [2.75, 3.05) is 17.2 Å². The van der Waals surface area contributed by atoms with Crippen LogP contribution < -0.4 is 4.90 Å². The van der Waals surface area contributed by atoms with Gasteiger partial charge in [0, 0.05) is 21.7 Å². The van der Waals surface area contributed by atoms with Gasteiger partial charge in [-0.3, -0.25) is 4.79 Å². The zero-order chi connectivity index (χ0) is 11.7. The second kappa shape index (κ2) is 4.47. The number of carbonyl (C=O) groups excluding carboxylic acids is 1. The van der Waals surface area contributed by atoms with E-state index in [0.717, 1.165) is 9.37 Å². The first-order chi connectivity index (χ1) is 7.59. The normalized spacial score (nSPS) is 14.4. The highest BCUT2D eigenvalue weighted by Crippen LogP contribution is 2.36. The lowest BCUT2D eigenvalue weighted by molar-refractivity contribution is -0.148. The van der Waals surface area contributed by atoms with E-state index in [1.807, 2.05) is 12.1 Å². The van der Waals surface area contributed by atoms with Crippen LogP contribution in [-0.2, 0) is 9.59 Å². The maximum absolute atomic E-state index is 11.5. The molecule has 1 aromatic carbocycles. The molecule has 1 amide bonds. The summed E-state index contributed by atoms with van der Waals surface area (Å²) in [5.41, 5.74) is 0.665. The summed E-state index contributed by atoms with van der Waals surface area (Å²) >= 11 is 4.93. The lowest BCUT2D eigenvalue weighted by atomic mass is 10.2. The molecule has 1 aliphatic rings. The monoisotopic (exact) mass is 301 g/mol. The quantitative estimate of drug-likeness (QED) is 0.745. The van der Waals surface area contributed by atoms with Crippen molar-refractivity contribution >= 4 is 45.3 Å². The van der Waals surface area contributed by atoms with Crippen molar-refractivity contribution in [2.45, 2.75) is 4.90 Å². The Morgan fingerprint density at radius 1 is 1.44 bits per heavy atom. The van der Waals surface area contributed by atoms with Gasteiger partial charge in [0.2, 0.25) is 0 Å². The molecule has 6 heteroatoms. The maximum Gasteiger partial charge on any atom is 0.394 e. The number of fused-ring (bicyclic) bond motifs is 1. The van der Waals surface area contributed by atoms with E-state index in [1.54, 1.807) is 17.8 Å². The lowest BCUT2D eigenvalue weighted by Crippen LogP contribution is -2.39. The number of carbonyl (C=O) groups is 2. The van der Waals surface area contributed by atoms with Gasteiger partial charge in [0.05, 0.1) is 5.69 Å². The van der Waals surface area contributed by atoms with Crippen LogP contribution in [0.3, 0.4) is 0 Å². The van der Waals surface area contributed by atoms with E-state index in [-0.39, 0.29) is 0 Å². The van der Waals surface area contributed by atoms with E-state index in [2.05, 4.69) is 15.9 Å². The van der Waals surface area contributed by atoms with Gasteiger partial charge in [0.15, 0.2) is 0 Å². The molecule has 0 unspecified atom stereocenters. The number of hydrogen-bond donors (Lipinski definition) is 1. The minimum Gasteiger partial charge on any atom is -0.474 e. The van der Waals surface area contributed by atoms with Crippen LogP contribution in [0.2, 0.25) is 0 Å². The molecular weight excluding hydrogens is 294 g/mol. The topological polar surface area (TPSA) is 57.6 Å². The van der Waals surface area contributed by atoms with Crippen LogP contribution in [0.25, 0.3) is 0 Å². The van der Waals surface area contributed by atoms with E-state index in [1.165, 1.54) is 4.90 Å². The van der Waals surface area contributed by atoms with Gasteiger partial charge in [0.25, 0.3) is 0 Å². The van der Waals surface area contributed by atoms with Crippen molar-refractivity contribution in [3.63, 3.8) is 0 Å². The fraction of sp³-hybridized carbons (Fsp3) is 0.200. The Morgan fingerprint density at radius 3 is 2.88 bits per heavy atom. The third kappa shape index (κ3) is 2.08. The molecule has 1 heterocycles. The molecule has 0 spiro atoms. The molecule has 4 nitrogen and oxygen atoms in total. The third-order valence-corrected chi connectivity index (χ3v) is 3.75. The first kappa shape index (κ1) is 11.5. The summed E-state index contributed by atoms with van der Waals surface area (Å²) in [6.45, 7) is 0.430. The van der Waals surface area contributed by atoms with Gasteiger partial charge in [-0.1, -0.05) is 15.9 Å².